The highest BCUT2D eigenvalue weighted by molar-refractivity contribution is 5.77. The molecule has 1 aliphatic heterocycles. The molecule has 2 aromatic rings. The second-order valence-electron chi connectivity index (χ2n) is 8.70. The van der Waals surface area contributed by atoms with E-state index in [1.165, 1.54) is 5.69 Å². The maximum atomic E-state index is 12.1. The number of rotatable bonds is 5. The van der Waals surface area contributed by atoms with Crippen molar-refractivity contribution < 1.29 is 4.79 Å². The Balaban J connectivity index is 1.77. The van der Waals surface area contributed by atoms with Crippen molar-refractivity contribution in [1.82, 2.24) is 24.3 Å². The lowest BCUT2D eigenvalue weighted by molar-refractivity contribution is -0.133. The Morgan fingerprint density at radius 3 is 2.56 bits per heavy atom. The number of nitrogens with zero attached hydrogens (tertiary/aromatic N) is 5. The van der Waals surface area contributed by atoms with Crippen LogP contribution in [0, 0.1) is 5.41 Å². The fraction of sp³-hybridized carbons (Fsp3) is 0.650. The first-order valence-corrected chi connectivity index (χ1v) is 9.87. The van der Waals surface area contributed by atoms with E-state index >= 15 is 0 Å². The molecule has 7 heteroatoms. The summed E-state index contributed by atoms with van der Waals surface area (Å²) in [5.74, 6) is 0.593. The van der Waals surface area contributed by atoms with E-state index in [2.05, 4.69) is 53.2 Å². The molecular weight excluding hydrogens is 340 g/mol. The molecule has 0 unspecified atom stereocenters. The second-order valence-corrected chi connectivity index (χ2v) is 8.70. The summed E-state index contributed by atoms with van der Waals surface area (Å²) in [6, 6.07) is 2.18. The summed E-state index contributed by atoms with van der Waals surface area (Å²) in [5, 5.41) is 1.03. The molecule has 7 nitrogen and oxygen atoms in total. The monoisotopic (exact) mass is 372 g/mol. The molecule has 0 saturated carbocycles. The zero-order valence-electron chi connectivity index (χ0n) is 17.0. The zero-order valence-corrected chi connectivity index (χ0v) is 17.0. The Hall–Kier alpha value is -2.15. The van der Waals surface area contributed by atoms with Crippen LogP contribution in [0.5, 0.6) is 0 Å². The Morgan fingerprint density at radius 1 is 1.22 bits per heavy atom. The van der Waals surface area contributed by atoms with Gasteiger partial charge >= 0.3 is 0 Å². The van der Waals surface area contributed by atoms with Gasteiger partial charge in [0.15, 0.2) is 0 Å². The zero-order chi connectivity index (χ0) is 19.6. The number of fused-ring (bicyclic) bond motifs is 1. The van der Waals surface area contributed by atoms with Gasteiger partial charge in [-0.1, -0.05) is 27.7 Å². The van der Waals surface area contributed by atoms with Crippen molar-refractivity contribution >= 4 is 22.9 Å². The molecule has 2 N–H and O–H groups in total. The number of nitrogen functional groups attached to an aromatic ring is 1. The number of nitrogens with two attached hydrogens (primary N) is 1. The van der Waals surface area contributed by atoms with Crippen molar-refractivity contribution in [2.75, 3.05) is 31.9 Å². The SMILES string of the molecule is CCCC(=O)N1CCN(Cc2cc3cnc(N)nc3n2CC(C)(C)C)CC1. The third-order valence-corrected chi connectivity index (χ3v) is 4.95. The molecule has 1 fully saturated rings. The Bertz CT molecular complexity index is 799. The summed E-state index contributed by atoms with van der Waals surface area (Å²) in [6.07, 6.45) is 3.37. The van der Waals surface area contributed by atoms with Gasteiger partial charge in [-0.25, -0.2) is 4.98 Å². The van der Waals surface area contributed by atoms with Crippen LogP contribution in [0.2, 0.25) is 0 Å². The lowest BCUT2D eigenvalue weighted by atomic mass is 9.97. The number of carbonyl (C=O) groups is 1. The lowest BCUT2D eigenvalue weighted by Crippen LogP contribution is -2.48. The first-order valence-electron chi connectivity index (χ1n) is 9.87. The predicted octanol–water partition coefficient (Wildman–Crippen LogP) is 2.50. The van der Waals surface area contributed by atoms with E-state index in [9.17, 15) is 4.79 Å². The predicted molar refractivity (Wildman–Crippen MR) is 108 cm³/mol. The largest absolute Gasteiger partial charge is 0.368 e. The van der Waals surface area contributed by atoms with Gasteiger partial charge in [-0.15, -0.1) is 0 Å². The van der Waals surface area contributed by atoms with Crippen LogP contribution in [0.25, 0.3) is 11.0 Å². The van der Waals surface area contributed by atoms with Gasteiger partial charge < -0.3 is 15.2 Å². The van der Waals surface area contributed by atoms with Crippen LogP contribution in [0.4, 0.5) is 5.95 Å². The smallest absolute Gasteiger partial charge is 0.222 e. The van der Waals surface area contributed by atoms with Crippen LogP contribution in [-0.4, -0.2) is 56.4 Å². The fourth-order valence-corrected chi connectivity index (χ4v) is 3.65. The van der Waals surface area contributed by atoms with E-state index in [4.69, 9.17) is 5.73 Å². The Kier molecular flexibility index (Phi) is 5.69. The third-order valence-electron chi connectivity index (χ3n) is 4.95. The van der Waals surface area contributed by atoms with Gasteiger partial charge in [0.05, 0.1) is 0 Å². The molecule has 2 aromatic heterocycles. The number of piperazine rings is 1. The van der Waals surface area contributed by atoms with E-state index in [1.807, 2.05) is 11.1 Å². The van der Waals surface area contributed by atoms with Gasteiger partial charge in [0.25, 0.3) is 0 Å². The summed E-state index contributed by atoms with van der Waals surface area (Å²) < 4.78 is 2.28. The molecule has 27 heavy (non-hydrogen) atoms. The molecule has 1 amide bonds. The van der Waals surface area contributed by atoms with Gasteiger partial charge in [0, 0.05) is 63.0 Å². The van der Waals surface area contributed by atoms with Crippen LogP contribution in [0.1, 0.15) is 46.2 Å². The Morgan fingerprint density at radius 2 is 1.93 bits per heavy atom. The van der Waals surface area contributed by atoms with Crippen molar-refractivity contribution in [1.29, 1.82) is 0 Å². The standard InChI is InChI=1S/C20H32N6O/c1-5-6-17(27)25-9-7-24(8-10-25)13-16-11-15-12-22-19(21)23-18(15)26(16)14-20(2,3)4/h11-12H,5-10,13-14H2,1-4H3,(H2,21,22,23). The molecule has 148 valence electrons. The van der Waals surface area contributed by atoms with Crippen molar-refractivity contribution in [2.24, 2.45) is 5.41 Å². The average Bonchev–Trinajstić information content (AvgIpc) is 2.91. The number of hydrogen-bond acceptors (Lipinski definition) is 5. The van der Waals surface area contributed by atoms with E-state index in [-0.39, 0.29) is 11.3 Å². The molecule has 0 bridgehead atoms. The van der Waals surface area contributed by atoms with Gasteiger partial charge in [-0.2, -0.15) is 4.98 Å². The molecule has 1 aliphatic rings. The summed E-state index contributed by atoms with van der Waals surface area (Å²) in [6.45, 7) is 13.9. The molecule has 0 spiro atoms. The highest BCUT2D eigenvalue weighted by Gasteiger charge is 2.23. The average molecular weight is 373 g/mol. The van der Waals surface area contributed by atoms with E-state index < -0.39 is 0 Å². The summed E-state index contributed by atoms with van der Waals surface area (Å²) in [7, 11) is 0. The van der Waals surface area contributed by atoms with Crippen molar-refractivity contribution in [3.05, 3.63) is 18.0 Å². The van der Waals surface area contributed by atoms with Crippen LogP contribution >= 0.6 is 0 Å². The van der Waals surface area contributed by atoms with Gasteiger partial charge in [-0.05, 0) is 17.9 Å². The summed E-state index contributed by atoms with van der Waals surface area (Å²) in [5.41, 5.74) is 8.10. The molecular formula is C20H32N6O. The Labute approximate surface area is 161 Å². The van der Waals surface area contributed by atoms with Crippen molar-refractivity contribution in [3.63, 3.8) is 0 Å². The van der Waals surface area contributed by atoms with Crippen LogP contribution in [0.15, 0.2) is 12.3 Å². The molecule has 3 heterocycles. The number of anilines is 1. The quantitative estimate of drug-likeness (QED) is 0.872. The van der Waals surface area contributed by atoms with Crippen LogP contribution in [-0.2, 0) is 17.9 Å². The lowest BCUT2D eigenvalue weighted by Gasteiger charge is -2.35. The normalized spacial score (nSPS) is 16.2. The van der Waals surface area contributed by atoms with E-state index in [0.29, 0.717) is 12.4 Å². The molecule has 0 radical (unpaired) electrons. The number of hydrogen-bond donors (Lipinski definition) is 1. The van der Waals surface area contributed by atoms with E-state index in [0.717, 1.165) is 56.7 Å². The second kappa shape index (κ2) is 7.84. The topological polar surface area (TPSA) is 80.3 Å². The third kappa shape index (κ3) is 4.77. The molecule has 0 aromatic carbocycles. The minimum atomic E-state index is 0.131. The number of aromatic nitrogens is 3. The molecule has 0 atom stereocenters. The number of amides is 1. The minimum absolute atomic E-state index is 0.131. The summed E-state index contributed by atoms with van der Waals surface area (Å²) >= 11 is 0. The van der Waals surface area contributed by atoms with Gasteiger partial charge in [0.2, 0.25) is 11.9 Å². The maximum Gasteiger partial charge on any atom is 0.222 e. The van der Waals surface area contributed by atoms with E-state index in [1.54, 1.807) is 0 Å². The first kappa shape index (κ1) is 19.6. The molecule has 0 aliphatic carbocycles. The fourth-order valence-electron chi connectivity index (χ4n) is 3.65. The minimum Gasteiger partial charge on any atom is -0.368 e. The van der Waals surface area contributed by atoms with Gasteiger partial charge in [0.1, 0.15) is 5.65 Å². The highest BCUT2D eigenvalue weighted by Crippen LogP contribution is 2.25. The first-order chi connectivity index (χ1) is 12.8. The highest BCUT2D eigenvalue weighted by atomic mass is 16.2. The molecule has 1 saturated heterocycles. The molecule has 3 rings (SSSR count). The van der Waals surface area contributed by atoms with Crippen LogP contribution < -0.4 is 5.73 Å². The summed E-state index contributed by atoms with van der Waals surface area (Å²) in [4.78, 5) is 25.1. The van der Waals surface area contributed by atoms with Crippen LogP contribution in [0.3, 0.4) is 0 Å². The number of carbonyl (C=O) groups excluding carboxylic acids is 1. The van der Waals surface area contributed by atoms with Crippen molar-refractivity contribution in [2.45, 2.75) is 53.6 Å². The van der Waals surface area contributed by atoms with Crippen molar-refractivity contribution in [3.8, 4) is 0 Å². The maximum absolute atomic E-state index is 12.1. The van der Waals surface area contributed by atoms with Gasteiger partial charge in [-0.3, -0.25) is 9.69 Å².